The number of carbonyl (C=O) groups excluding carboxylic acids is 1. The topological polar surface area (TPSA) is 39.2 Å². The molecule has 0 atom stereocenters. The zero-order chi connectivity index (χ0) is 13.7. The van der Waals surface area contributed by atoms with Gasteiger partial charge in [-0.15, -0.1) is 11.3 Å². The summed E-state index contributed by atoms with van der Waals surface area (Å²) in [6.07, 6.45) is 3.43. The van der Waals surface area contributed by atoms with Crippen LogP contribution in [0.1, 0.15) is 26.7 Å². The number of carbonyl (C=O) groups is 1. The van der Waals surface area contributed by atoms with Gasteiger partial charge in [-0.1, -0.05) is 32.1 Å². The van der Waals surface area contributed by atoms with Crippen LogP contribution in [0, 0.1) is 0 Å². The SMILES string of the molecule is CCC=C(CC)C(=O)OSc1nc2ccccc2s1. The van der Waals surface area contributed by atoms with Crippen molar-refractivity contribution < 1.29 is 8.98 Å². The van der Waals surface area contributed by atoms with Gasteiger partial charge in [0.15, 0.2) is 4.34 Å². The second-order valence-electron chi connectivity index (χ2n) is 3.89. The molecule has 0 saturated carbocycles. The monoisotopic (exact) mass is 293 g/mol. The molecule has 100 valence electrons. The van der Waals surface area contributed by atoms with Gasteiger partial charge in [0.2, 0.25) is 0 Å². The Balaban J connectivity index is 2.02. The molecule has 1 heterocycles. The molecule has 0 amide bonds. The van der Waals surface area contributed by atoms with Gasteiger partial charge in [-0.25, -0.2) is 9.78 Å². The van der Waals surface area contributed by atoms with E-state index in [1.165, 1.54) is 11.3 Å². The fourth-order valence-corrected chi connectivity index (χ4v) is 3.23. The molecule has 0 fully saturated rings. The van der Waals surface area contributed by atoms with E-state index >= 15 is 0 Å². The van der Waals surface area contributed by atoms with Crippen LogP contribution in [-0.4, -0.2) is 11.0 Å². The van der Waals surface area contributed by atoms with Gasteiger partial charge in [-0.05, 0) is 25.0 Å². The first kappa shape index (κ1) is 14.1. The molecule has 0 aliphatic heterocycles. The Morgan fingerprint density at radius 1 is 1.42 bits per heavy atom. The summed E-state index contributed by atoms with van der Waals surface area (Å²) in [5, 5.41) is 0. The molecule has 2 aromatic rings. The van der Waals surface area contributed by atoms with Crippen molar-refractivity contribution in [2.45, 2.75) is 31.0 Å². The van der Waals surface area contributed by atoms with Crippen LogP contribution in [0.15, 0.2) is 40.3 Å². The minimum Gasteiger partial charge on any atom is -0.380 e. The first-order valence-corrected chi connectivity index (χ1v) is 7.73. The van der Waals surface area contributed by atoms with Crippen molar-refractivity contribution >= 4 is 39.6 Å². The van der Waals surface area contributed by atoms with E-state index in [4.69, 9.17) is 4.18 Å². The van der Waals surface area contributed by atoms with Crippen LogP contribution < -0.4 is 0 Å². The minimum atomic E-state index is -0.270. The molecule has 0 spiro atoms. The van der Waals surface area contributed by atoms with Gasteiger partial charge in [0.1, 0.15) is 12.0 Å². The summed E-state index contributed by atoms with van der Waals surface area (Å²) < 4.78 is 7.07. The number of rotatable bonds is 5. The van der Waals surface area contributed by atoms with Gasteiger partial charge < -0.3 is 4.18 Å². The lowest BCUT2D eigenvalue weighted by molar-refractivity contribution is -0.129. The molecule has 0 aliphatic rings. The summed E-state index contributed by atoms with van der Waals surface area (Å²) >= 11 is 2.57. The maximum Gasteiger partial charge on any atom is 0.346 e. The number of hydrogen-bond donors (Lipinski definition) is 0. The molecule has 0 N–H and O–H groups in total. The summed E-state index contributed by atoms with van der Waals surface area (Å²) in [6, 6.07) is 7.88. The number of aromatic nitrogens is 1. The van der Waals surface area contributed by atoms with E-state index in [1.54, 1.807) is 0 Å². The van der Waals surface area contributed by atoms with Gasteiger partial charge >= 0.3 is 5.97 Å². The Hall–Kier alpha value is -1.33. The fourth-order valence-electron chi connectivity index (χ4n) is 1.63. The number of hydrogen-bond acceptors (Lipinski definition) is 5. The predicted molar refractivity (Wildman–Crippen MR) is 80.2 cm³/mol. The zero-order valence-corrected chi connectivity index (χ0v) is 12.5. The Morgan fingerprint density at radius 3 is 2.89 bits per heavy atom. The van der Waals surface area contributed by atoms with Crippen LogP contribution in [0.2, 0.25) is 0 Å². The lowest BCUT2D eigenvalue weighted by Crippen LogP contribution is -2.02. The summed E-state index contributed by atoms with van der Waals surface area (Å²) in [5.74, 6) is -0.270. The highest BCUT2D eigenvalue weighted by molar-refractivity contribution is 7.97. The smallest absolute Gasteiger partial charge is 0.346 e. The van der Waals surface area contributed by atoms with E-state index in [1.807, 2.05) is 44.2 Å². The number of benzene rings is 1. The highest BCUT2D eigenvalue weighted by Gasteiger charge is 2.12. The third-order valence-corrected chi connectivity index (χ3v) is 4.31. The Kier molecular flexibility index (Phi) is 4.99. The summed E-state index contributed by atoms with van der Waals surface area (Å²) in [5.41, 5.74) is 1.65. The molecule has 5 heteroatoms. The van der Waals surface area contributed by atoms with E-state index in [0.717, 1.165) is 38.6 Å². The second kappa shape index (κ2) is 6.73. The molecule has 0 saturated heterocycles. The Bertz CT molecular complexity index is 571. The van der Waals surface area contributed by atoms with Crippen LogP contribution >= 0.6 is 23.4 Å². The third kappa shape index (κ3) is 3.58. The van der Waals surface area contributed by atoms with Gasteiger partial charge in [0, 0.05) is 5.57 Å². The van der Waals surface area contributed by atoms with Crippen LogP contribution in [0.5, 0.6) is 0 Å². The van der Waals surface area contributed by atoms with E-state index in [0.29, 0.717) is 6.42 Å². The normalized spacial score (nSPS) is 11.8. The van der Waals surface area contributed by atoms with Crippen molar-refractivity contribution in [2.24, 2.45) is 0 Å². The minimum absolute atomic E-state index is 0.270. The molecule has 2 rings (SSSR count). The lowest BCUT2D eigenvalue weighted by Gasteiger charge is -2.02. The zero-order valence-electron chi connectivity index (χ0n) is 10.9. The van der Waals surface area contributed by atoms with Crippen LogP contribution in [0.4, 0.5) is 0 Å². The quantitative estimate of drug-likeness (QED) is 0.597. The Labute approximate surface area is 120 Å². The van der Waals surface area contributed by atoms with Gasteiger partial charge in [0.25, 0.3) is 0 Å². The molecular formula is C14H15NO2S2. The lowest BCUT2D eigenvalue weighted by atomic mass is 10.2. The Morgan fingerprint density at radius 2 is 2.21 bits per heavy atom. The van der Waals surface area contributed by atoms with Crippen molar-refractivity contribution in [3.05, 3.63) is 35.9 Å². The summed E-state index contributed by atoms with van der Waals surface area (Å²) in [6.45, 7) is 3.95. The second-order valence-corrected chi connectivity index (χ2v) is 5.90. The standard InChI is InChI=1S/C14H15NO2S2/c1-3-7-10(4-2)13(16)17-19-14-15-11-8-5-6-9-12(11)18-14/h5-9H,3-4H2,1-2H3. The molecule has 0 bridgehead atoms. The van der Waals surface area contributed by atoms with Gasteiger partial charge in [0.05, 0.1) is 10.2 Å². The molecule has 0 radical (unpaired) electrons. The van der Waals surface area contributed by atoms with Crippen molar-refractivity contribution in [3.8, 4) is 0 Å². The number of para-hydroxylation sites is 1. The third-order valence-electron chi connectivity index (χ3n) is 2.56. The van der Waals surface area contributed by atoms with Crippen LogP contribution in [0.25, 0.3) is 10.2 Å². The molecule has 0 aliphatic carbocycles. The number of fused-ring (bicyclic) bond motifs is 1. The average molecular weight is 293 g/mol. The highest BCUT2D eigenvalue weighted by atomic mass is 32.2. The molecule has 3 nitrogen and oxygen atoms in total. The summed E-state index contributed by atoms with van der Waals surface area (Å²) in [7, 11) is 0. The molecule has 1 aromatic heterocycles. The first-order valence-electron chi connectivity index (χ1n) is 6.18. The molecular weight excluding hydrogens is 278 g/mol. The van der Waals surface area contributed by atoms with E-state index in [9.17, 15) is 4.79 Å². The number of allylic oxidation sites excluding steroid dienone is 1. The van der Waals surface area contributed by atoms with Crippen molar-refractivity contribution in [3.63, 3.8) is 0 Å². The van der Waals surface area contributed by atoms with Crippen LogP contribution in [-0.2, 0) is 8.98 Å². The van der Waals surface area contributed by atoms with Gasteiger partial charge in [-0.3, -0.25) is 0 Å². The summed E-state index contributed by atoms with van der Waals surface area (Å²) in [4.78, 5) is 16.2. The highest BCUT2D eigenvalue weighted by Crippen LogP contribution is 2.30. The number of thiazole rings is 1. The fraction of sp³-hybridized carbons (Fsp3) is 0.286. The molecule has 19 heavy (non-hydrogen) atoms. The van der Waals surface area contributed by atoms with Crippen molar-refractivity contribution in [1.29, 1.82) is 0 Å². The molecule has 0 unspecified atom stereocenters. The van der Waals surface area contributed by atoms with Crippen molar-refractivity contribution in [1.82, 2.24) is 4.98 Å². The van der Waals surface area contributed by atoms with E-state index in [-0.39, 0.29) is 5.97 Å². The van der Waals surface area contributed by atoms with Crippen molar-refractivity contribution in [2.75, 3.05) is 0 Å². The van der Waals surface area contributed by atoms with Gasteiger partial charge in [-0.2, -0.15) is 0 Å². The maximum atomic E-state index is 11.8. The molecule has 1 aromatic carbocycles. The first-order chi connectivity index (χ1) is 9.24. The van der Waals surface area contributed by atoms with E-state index in [2.05, 4.69) is 4.98 Å². The number of nitrogens with zero attached hydrogens (tertiary/aromatic N) is 1. The average Bonchev–Trinajstić information content (AvgIpc) is 2.85. The van der Waals surface area contributed by atoms with E-state index < -0.39 is 0 Å². The largest absolute Gasteiger partial charge is 0.380 e. The van der Waals surface area contributed by atoms with Crippen LogP contribution in [0.3, 0.4) is 0 Å². The predicted octanol–water partition coefficient (Wildman–Crippen LogP) is 4.59. The maximum absolute atomic E-state index is 11.8.